The summed E-state index contributed by atoms with van der Waals surface area (Å²) in [5, 5.41) is 91.0. The third-order valence-electron chi connectivity index (χ3n) is 24.4. The Labute approximate surface area is 841 Å². The molecular formula is C96H115N19O27S3. The smallest absolute Gasteiger partial charge is 0.335 e. The van der Waals surface area contributed by atoms with Crippen molar-refractivity contribution in [1.82, 2.24) is 88.1 Å². The summed E-state index contributed by atoms with van der Waals surface area (Å²) in [5.74, 6) is -30.5. The van der Waals surface area contributed by atoms with Gasteiger partial charge < -0.3 is 130 Å². The molecule has 4 aliphatic rings. The number of fused-ring (bicyclic) bond motifs is 11. The minimum absolute atomic E-state index is 0.0103. The van der Waals surface area contributed by atoms with Gasteiger partial charge in [0.25, 0.3) is 5.91 Å². The molecule has 11 rings (SSSR count). The fourth-order valence-electron chi connectivity index (χ4n) is 16.9. The number of para-hydroxylation sites is 2. The number of nitrogens with zero attached hydrogens (tertiary/aromatic N) is 4. The number of nitrogens with one attached hydrogen (secondary N) is 13. The largest absolute Gasteiger partial charge is 0.481 e. The number of aliphatic carboxylic acids is 2. The molecule has 1 fully saturated rings. The third kappa shape index (κ3) is 30.3. The monoisotopic (exact) mass is 2060 g/mol. The zero-order chi connectivity index (χ0) is 106. The standard InChI is InChI=1S/C96H115N19O27S3/c1-46(2)78-89(133)105-68(31-77(123)124)83(127)101-34-72(117)102-66(29-59-32-99-63-14-9-7-12-61(59)63)85(129)109-79(47(3)4)93(136)115-19-11-16-71(115)88(132)106-69(81(98)125)41-143-43-73(118)112-35-50-20-51(24-56(23-50)94(137)138)37-113-38-53-22-55(28-58(26-53)96(141)142)40-114(39-54-21-52(36-112)25-57(27-54)95(139)140)75(120)45-145-92(111-82(126)48(5)97)91(135)110-80(49(6)116)90(134)103-65(17-18-76(121)122)84(128)107-70(42-144-44-74(113)119)87(131)104-67(86(130)108-78)30-60-33-100-64-15-10-8-13-62(60)64/h7-10,12-15,20-28,32-33,46-49,65-71,78-80,92,99-100,116H,11,16-19,29-31,34-45,97H2,1-6H3,(H2,98,125)(H,101,127)(H,102,117)(H,103,134)(H,104,131)(H,105,133)(H,106,132)(H,107,128)(H,108,130)(H,109,129)(H,110,135)(H,111,126)(H,121,122)(H,123,124)(H,137,138)(H,139,140)(H,141,142)/t48-,49-,65+,66+,67+,68+,69+,70+,71+,78+,79+,80+,92+/m1/s1. The van der Waals surface area contributed by atoms with Crippen LogP contribution in [0.5, 0.6) is 0 Å². The lowest BCUT2D eigenvalue weighted by molar-refractivity contribution is -0.143. The van der Waals surface area contributed by atoms with Crippen LogP contribution in [0, 0.1) is 11.8 Å². The van der Waals surface area contributed by atoms with Crippen LogP contribution < -0.4 is 70.0 Å². The normalized spacial score (nSPS) is 22.8. The number of H-pyrrole nitrogens is 2. The SMILES string of the molecule is CC(C)[C@@H]1NC(=O)[C@H](Cc2c[nH]c3ccccc23)NC(=O)[C@@H]2CSCC(=O)N3Cc4cc(cc(C(=O)O)c4)CN(Cc4cc(cc(C(=O)O)c4)CN(Cc4cc(cc(C(=O)O)c4)C3)C(=O)CS[C@H](NC(=O)[C@@H](C)N)C(=O)N[C@@H]([C@@H](C)O)C(=O)N[C@@H](CCC(=O)O)C(=O)N2)C(=O)CSC[C@@H](C(N)=O)NC(=O)[C@@H]2CCCN2C(=O)[C@H](C(C)C)NC(=O)[C@H](Cc2c[nH]c3ccccc23)NC(=O)CNC(=O)[C@H](CC(=O)O)NC1=O. The van der Waals surface area contributed by atoms with Gasteiger partial charge in [-0.3, -0.25) is 86.3 Å². The number of carbonyl (C=O) groups is 21. The van der Waals surface area contributed by atoms with Crippen molar-refractivity contribution in [3.8, 4) is 0 Å². The zero-order valence-electron chi connectivity index (χ0n) is 79.7. The second kappa shape index (κ2) is 50.3. The average Bonchev–Trinajstić information content (AvgIpc) is 1.77. The Kier molecular flexibility index (Phi) is 38.3. The topological polar surface area (TPSA) is 709 Å². The van der Waals surface area contributed by atoms with Gasteiger partial charge in [0.1, 0.15) is 60.4 Å². The minimum atomic E-state index is -2.16. The summed E-state index contributed by atoms with van der Waals surface area (Å²) in [6.07, 6.45) is -2.35. The number of rotatable bonds is 18. The predicted octanol–water partition coefficient (Wildman–Crippen LogP) is -0.867. The molecule has 49 heteroatoms. The van der Waals surface area contributed by atoms with E-state index in [9.17, 15) is 93.0 Å². The van der Waals surface area contributed by atoms with Crippen LogP contribution in [0.1, 0.15) is 149 Å². The summed E-state index contributed by atoms with van der Waals surface area (Å²) in [6.45, 7) is 3.71. The molecule has 5 aromatic carbocycles. The third-order valence-corrected chi connectivity index (χ3v) is 27.5. The number of hydrogen-bond acceptors (Lipinski definition) is 26. The van der Waals surface area contributed by atoms with Gasteiger partial charge in [-0.25, -0.2) is 14.4 Å². The molecule has 10 bridgehead atoms. The first-order valence-corrected chi connectivity index (χ1v) is 49.7. The Morgan fingerprint density at radius 3 is 1.35 bits per heavy atom. The molecular weight excluding hydrogens is 1950 g/mol. The molecule has 13 atom stereocenters. The van der Waals surface area contributed by atoms with Crippen LogP contribution in [0.15, 0.2) is 116 Å². The lowest BCUT2D eigenvalue weighted by atomic mass is 9.99. The number of primary amides is 1. The van der Waals surface area contributed by atoms with Crippen molar-refractivity contribution < 1.29 is 131 Å². The van der Waals surface area contributed by atoms with Crippen molar-refractivity contribution in [2.24, 2.45) is 23.3 Å². The summed E-state index contributed by atoms with van der Waals surface area (Å²) >= 11 is 1.77. The van der Waals surface area contributed by atoms with E-state index < -0.39 is 331 Å². The first kappa shape index (κ1) is 110. The van der Waals surface area contributed by atoms with Gasteiger partial charge in [-0.15, -0.1) is 35.3 Å². The number of aliphatic hydroxyl groups excluding tert-OH is 1. The lowest BCUT2D eigenvalue weighted by Crippen LogP contribution is -2.62. The number of benzene rings is 5. The highest BCUT2D eigenvalue weighted by Crippen LogP contribution is 2.30. The van der Waals surface area contributed by atoms with Crippen LogP contribution in [0.3, 0.4) is 0 Å². The van der Waals surface area contributed by atoms with Crippen molar-refractivity contribution in [3.63, 3.8) is 0 Å². The highest BCUT2D eigenvalue weighted by atomic mass is 32.2. The second-order valence-corrected chi connectivity index (χ2v) is 39.5. The molecule has 16 amide bonds. The molecule has 1 saturated heterocycles. The summed E-state index contributed by atoms with van der Waals surface area (Å²) in [5.41, 5.74) is 12.7. The molecule has 145 heavy (non-hydrogen) atoms. The Balaban J connectivity index is 1.07. The van der Waals surface area contributed by atoms with E-state index in [1.807, 2.05) is 0 Å². The van der Waals surface area contributed by atoms with Gasteiger partial charge >= 0.3 is 29.8 Å². The minimum Gasteiger partial charge on any atom is -0.481 e. The highest BCUT2D eigenvalue weighted by molar-refractivity contribution is 8.01. The quantitative estimate of drug-likeness (QED) is 0.0497. The summed E-state index contributed by atoms with van der Waals surface area (Å²) in [4.78, 5) is 315. The van der Waals surface area contributed by atoms with Gasteiger partial charge in [-0.1, -0.05) is 82.3 Å². The fraction of sp³-hybridized carbons (Fsp3) is 0.427. The maximum absolute atomic E-state index is 15.8. The van der Waals surface area contributed by atoms with Crippen LogP contribution in [-0.4, -0.2) is 304 Å². The van der Waals surface area contributed by atoms with E-state index in [0.717, 1.165) is 28.5 Å². The Morgan fingerprint density at radius 2 is 0.897 bits per heavy atom. The summed E-state index contributed by atoms with van der Waals surface area (Å²) < 4.78 is 0. The molecule has 23 N–H and O–H groups in total. The Morgan fingerprint density at radius 1 is 0.462 bits per heavy atom. The lowest BCUT2D eigenvalue weighted by Gasteiger charge is -2.32. The van der Waals surface area contributed by atoms with Gasteiger partial charge in [-0.05, 0) is 138 Å². The van der Waals surface area contributed by atoms with E-state index in [4.69, 9.17) is 11.5 Å². The maximum Gasteiger partial charge on any atom is 0.335 e. The van der Waals surface area contributed by atoms with Crippen molar-refractivity contribution in [1.29, 1.82) is 0 Å². The molecule has 6 heterocycles. The molecule has 774 valence electrons. The molecule has 0 saturated carbocycles. The van der Waals surface area contributed by atoms with Crippen LogP contribution in [0.2, 0.25) is 0 Å². The van der Waals surface area contributed by atoms with E-state index in [2.05, 4.69) is 68.5 Å². The van der Waals surface area contributed by atoms with E-state index in [1.165, 1.54) is 91.4 Å². The number of aromatic nitrogens is 2. The molecule has 0 aliphatic carbocycles. The van der Waals surface area contributed by atoms with E-state index >= 15 is 38.4 Å². The van der Waals surface area contributed by atoms with E-state index in [0.29, 0.717) is 56.5 Å². The van der Waals surface area contributed by atoms with E-state index in [1.54, 1.807) is 68.6 Å². The number of carboxylic acids is 5. The number of hydrogen-bond donors (Lipinski definition) is 21. The van der Waals surface area contributed by atoms with Crippen LogP contribution in [0.4, 0.5) is 0 Å². The maximum atomic E-state index is 15.8. The number of thioether (sulfide) groups is 3. The molecule has 0 radical (unpaired) electrons. The second-order valence-electron chi connectivity index (χ2n) is 36.4. The van der Waals surface area contributed by atoms with Gasteiger partial charge in [0.2, 0.25) is 88.6 Å². The number of aliphatic hydroxyl groups is 1. The molecule has 4 aliphatic heterocycles. The van der Waals surface area contributed by atoms with Crippen molar-refractivity contribution >= 4 is 181 Å². The number of amides is 16. The number of carboxylic acid groups (broad SMARTS) is 5. The van der Waals surface area contributed by atoms with Crippen LogP contribution >= 0.6 is 35.3 Å². The van der Waals surface area contributed by atoms with Crippen molar-refractivity contribution in [3.05, 3.63) is 177 Å². The number of aromatic amines is 2. The first-order valence-electron chi connectivity index (χ1n) is 46.3. The van der Waals surface area contributed by atoms with Gasteiger partial charge in [0.05, 0.1) is 59.1 Å². The predicted molar refractivity (Wildman–Crippen MR) is 524 cm³/mol. The molecule has 46 nitrogen and oxygen atoms in total. The van der Waals surface area contributed by atoms with Gasteiger partial charge in [-0.2, -0.15) is 0 Å². The molecule has 0 spiro atoms. The van der Waals surface area contributed by atoms with Gasteiger partial charge in [0.15, 0.2) is 5.37 Å². The number of aromatic carboxylic acids is 3. The number of carbonyl (C=O) groups excluding carboxylic acids is 16. The van der Waals surface area contributed by atoms with Crippen molar-refractivity contribution in [2.45, 2.75) is 204 Å². The Hall–Kier alpha value is -15.0. The number of nitrogens with two attached hydrogens (primary N) is 2. The fourth-order valence-corrected chi connectivity index (χ4v) is 19.7. The Bertz CT molecular complexity index is 6170. The van der Waals surface area contributed by atoms with E-state index in [-0.39, 0.29) is 59.2 Å². The highest BCUT2D eigenvalue weighted by Gasteiger charge is 2.44. The summed E-state index contributed by atoms with van der Waals surface area (Å²) in [7, 11) is 0. The average molecular weight is 2060 g/mol. The molecule has 2 aromatic heterocycles. The first-order chi connectivity index (χ1) is 68.7. The summed E-state index contributed by atoms with van der Waals surface area (Å²) in [6, 6.07) is 5.58. The van der Waals surface area contributed by atoms with Crippen LogP contribution in [0.25, 0.3) is 21.8 Å². The molecule has 7 aromatic rings. The van der Waals surface area contributed by atoms with Crippen molar-refractivity contribution in [2.75, 3.05) is 41.9 Å². The van der Waals surface area contributed by atoms with Gasteiger partial charge in [0, 0.05) is 111 Å². The molecule has 0 unspecified atom stereocenters. The zero-order valence-corrected chi connectivity index (χ0v) is 82.1. The van der Waals surface area contributed by atoms with Crippen LogP contribution in [-0.2, 0) is 138 Å².